The highest BCUT2D eigenvalue weighted by molar-refractivity contribution is 6.36. The zero-order valence-electron chi connectivity index (χ0n) is 27.8. The molecule has 11 nitrogen and oxygen atoms in total. The molecule has 52 heavy (non-hydrogen) atoms. The summed E-state index contributed by atoms with van der Waals surface area (Å²) in [5, 5.41) is 13.7. The number of methoxy groups -OCH3 is 2. The van der Waals surface area contributed by atoms with Gasteiger partial charge in [0.2, 0.25) is 11.8 Å². The van der Waals surface area contributed by atoms with Gasteiger partial charge in [-0.15, -0.1) is 0 Å². The third-order valence-electron chi connectivity index (χ3n) is 11.2. The van der Waals surface area contributed by atoms with Crippen LogP contribution in [0.15, 0.2) is 90.5 Å². The molecule has 0 radical (unpaired) electrons. The van der Waals surface area contributed by atoms with E-state index in [0.29, 0.717) is 43.1 Å². The molecule has 6 atom stereocenters. The molecule has 5 amide bonds. The maximum absolute atomic E-state index is 15.5. The van der Waals surface area contributed by atoms with Crippen molar-refractivity contribution in [1.29, 1.82) is 0 Å². The smallest absolute Gasteiger partial charge is 0.423 e. The number of aromatic hydroxyl groups is 1. The van der Waals surface area contributed by atoms with E-state index in [-0.39, 0.29) is 29.3 Å². The molecule has 2 N–H and O–H groups in total. The molecule has 0 unspecified atom stereocenters. The van der Waals surface area contributed by atoms with Crippen LogP contribution in [-0.2, 0) is 29.3 Å². The number of hydrogen-bond acceptors (Lipinski definition) is 9. The third-order valence-corrected chi connectivity index (χ3v) is 11.7. The minimum absolute atomic E-state index is 0.0106. The zero-order chi connectivity index (χ0) is 36.6. The molecule has 2 heterocycles. The number of fused-ring (bicyclic) bond motifs is 5. The van der Waals surface area contributed by atoms with Crippen molar-refractivity contribution < 1.29 is 38.6 Å². The summed E-state index contributed by atoms with van der Waals surface area (Å²) in [6.45, 7) is 0. The second kappa shape index (κ2) is 12.4. The molecule has 0 spiro atoms. The Bertz CT molecular complexity index is 2260. The van der Waals surface area contributed by atoms with Gasteiger partial charge in [-0.25, -0.2) is 4.79 Å². The predicted octanol–water partition coefficient (Wildman–Crippen LogP) is 6.61. The first-order valence-corrected chi connectivity index (χ1v) is 17.4. The van der Waals surface area contributed by atoms with Gasteiger partial charge in [-0.1, -0.05) is 77.3 Å². The van der Waals surface area contributed by atoms with Crippen molar-refractivity contribution in [1.82, 2.24) is 9.91 Å². The van der Waals surface area contributed by atoms with E-state index >= 15 is 4.79 Å². The van der Waals surface area contributed by atoms with E-state index in [9.17, 15) is 24.3 Å². The number of nitrogens with one attached hydrogen (secondary N) is 1. The summed E-state index contributed by atoms with van der Waals surface area (Å²) in [5.74, 6) is -6.44. The van der Waals surface area contributed by atoms with Gasteiger partial charge in [-0.05, 0) is 71.7 Å². The summed E-state index contributed by atoms with van der Waals surface area (Å²) in [5.41, 5.74) is 3.49. The molecule has 4 aliphatic rings. The van der Waals surface area contributed by atoms with Gasteiger partial charge in [0.05, 0.1) is 48.1 Å². The van der Waals surface area contributed by atoms with Gasteiger partial charge in [-0.3, -0.25) is 24.6 Å². The van der Waals surface area contributed by atoms with Gasteiger partial charge in [0.1, 0.15) is 11.5 Å². The van der Waals surface area contributed by atoms with Crippen LogP contribution in [0.1, 0.15) is 29.9 Å². The average Bonchev–Trinajstić information content (AvgIpc) is 3.53. The van der Waals surface area contributed by atoms with Crippen molar-refractivity contribution in [3.05, 3.63) is 112 Å². The number of carbonyl (C=O) groups is 5. The highest BCUT2D eigenvalue weighted by atomic mass is 35.5. The molecule has 264 valence electrons. The number of anilines is 1. The maximum Gasteiger partial charge on any atom is 0.423 e. The number of carbonyl (C=O) groups excluding carboxylic acids is 5. The van der Waals surface area contributed by atoms with Crippen molar-refractivity contribution in [3.8, 4) is 11.5 Å². The van der Waals surface area contributed by atoms with Crippen LogP contribution >= 0.6 is 23.2 Å². The Morgan fingerprint density at radius 2 is 1.62 bits per heavy atom. The molecule has 8 rings (SSSR count). The summed E-state index contributed by atoms with van der Waals surface area (Å²) in [6, 6.07) is 22.1. The fourth-order valence-corrected chi connectivity index (χ4v) is 9.47. The monoisotopic (exact) mass is 739 g/mol. The van der Waals surface area contributed by atoms with E-state index < -0.39 is 64.7 Å². The summed E-state index contributed by atoms with van der Waals surface area (Å²) < 4.78 is 10.3. The Balaban J connectivity index is 1.40. The molecule has 2 aliphatic heterocycles. The van der Waals surface area contributed by atoms with E-state index in [1.807, 2.05) is 18.2 Å². The Kier molecular flexibility index (Phi) is 8.03. The number of imide groups is 4. The molecule has 0 bridgehead atoms. The Labute approximate surface area is 307 Å². The van der Waals surface area contributed by atoms with Crippen molar-refractivity contribution in [2.45, 2.75) is 24.2 Å². The molecular weight excluding hydrogens is 709 g/mol. The number of phenolic OH excluding ortho intramolecular Hbond substituents is 1. The maximum atomic E-state index is 15.5. The summed E-state index contributed by atoms with van der Waals surface area (Å²) in [7, 11) is 2.63. The topological polar surface area (TPSA) is 143 Å². The first-order valence-electron chi connectivity index (χ1n) is 16.6. The average molecular weight is 741 g/mol. The lowest BCUT2D eigenvalue weighted by Gasteiger charge is -2.51. The van der Waals surface area contributed by atoms with Crippen LogP contribution in [0.5, 0.6) is 11.5 Å². The van der Waals surface area contributed by atoms with Crippen LogP contribution in [0.2, 0.25) is 10.0 Å². The molecule has 2 saturated heterocycles. The predicted molar refractivity (Wildman–Crippen MR) is 190 cm³/mol. The summed E-state index contributed by atoms with van der Waals surface area (Å²) in [6.07, 6.45) is 0.943. The standard InChI is InChI=1S/C39H31Cl2N3O8/c1-51-21-10-7-19(8-11-21)39-28(35(47)44(37(39)49)42-30-15-9-20(40)17-29(30)41)18-27-25(12-13-26-32(27)36(48)43(34(26)46)38(50)52-2)33(39)24-14-16-31(45)23-6-4-3-5-22(23)24/h3-12,14-17,26-28,32-33,42,45H,13,18H2,1-2H3/t26-,27+,28-,32-,33-,39+/m0/s1. The zero-order valence-corrected chi connectivity index (χ0v) is 29.4. The number of amides is 5. The Morgan fingerprint density at radius 3 is 2.31 bits per heavy atom. The SMILES string of the molecule is COC(=O)N1C(=O)[C@H]2[C@H](CC=C3[C@H]2C[C@H]2C(=O)N(Nc4ccc(Cl)cc4Cl)C(=O)[C@@]2(c2ccc(OC)cc2)[C@H]3c2ccc(O)c3ccccc23)C1=O. The van der Waals surface area contributed by atoms with E-state index in [1.165, 1.54) is 13.2 Å². The molecule has 4 aromatic carbocycles. The van der Waals surface area contributed by atoms with E-state index in [0.717, 1.165) is 12.1 Å². The van der Waals surface area contributed by atoms with Crippen LogP contribution in [0.25, 0.3) is 10.8 Å². The molecule has 4 aromatic rings. The van der Waals surface area contributed by atoms with Crippen molar-refractivity contribution >= 4 is 69.4 Å². The normalized spacial score (nSPS) is 26.5. The molecule has 1 saturated carbocycles. The lowest BCUT2D eigenvalue weighted by atomic mass is 9.49. The number of hydrazine groups is 1. The molecule has 3 fully saturated rings. The number of rotatable bonds is 5. The van der Waals surface area contributed by atoms with E-state index in [1.54, 1.807) is 60.7 Å². The Hall–Kier alpha value is -5.39. The number of halogens is 2. The van der Waals surface area contributed by atoms with Crippen LogP contribution in [0.3, 0.4) is 0 Å². The quantitative estimate of drug-likeness (QED) is 0.171. The number of benzene rings is 4. The van der Waals surface area contributed by atoms with E-state index in [2.05, 4.69) is 5.43 Å². The van der Waals surface area contributed by atoms with Gasteiger partial charge < -0.3 is 14.6 Å². The molecular formula is C39H31Cl2N3O8. The van der Waals surface area contributed by atoms with Crippen molar-refractivity contribution in [3.63, 3.8) is 0 Å². The van der Waals surface area contributed by atoms with Crippen molar-refractivity contribution in [2.75, 3.05) is 19.6 Å². The highest BCUT2D eigenvalue weighted by Crippen LogP contribution is 2.65. The third kappa shape index (κ3) is 4.68. The molecule has 13 heteroatoms. The second-order valence-electron chi connectivity index (χ2n) is 13.4. The lowest BCUT2D eigenvalue weighted by Crippen LogP contribution is -2.53. The van der Waals surface area contributed by atoms with Gasteiger partial charge in [0, 0.05) is 16.3 Å². The van der Waals surface area contributed by atoms with Gasteiger partial charge in [0.25, 0.3) is 11.8 Å². The number of ether oxygens (including phenoxy) is 2. The summed E-state index contributed by atoms with van der Waals surface area (Å²) in [4.78, 5) is 71.3. The number of nitrogens with zero attached hydrogens (tertiary/aromatic N) is 2. The number of likely N-dealkylation sites (tertiary alicyclic amines) is 1. The number of phenols is 1. The summed E-state index contributed by atoms with van der Waals surface area (Å²) >= 11 is 12.7. The van der Waals surface area contributed by atoms with Crippen LogP contribution < -0.4 is 10.2 Å². The second-order valence-corrected chi connectivity index (χ2v) is 14.3. The first kappa shape index (κ1) is 33.7. The molecule has 2 aliphatic carbocycles. The first-order chi connectivity index (χ1) is 25.0. The minimum Gasteiger partial charge on any atom is -0.507 e. The fourth-order valence-electron chi connectivity index (χ4n) is 9.02. The Morgan fingerprint density at radius 1 is 0.885 bits per heavy atom. The van der Waals surface area contributed by atoms with Gasteiger partial charge in [-0.2, -0.15) is 9.91 Å². The van der Waals surface area contributed by atoms with Crippen LogP contribution in [0, 0.1) is 23.7 Å². The van der Waals surface area contributed by atoms with Gasteiger partial charge in [0.15, 0.2) is 0 Å². The van der Waals surface area contributed by atoms with E-state index in [4.69, 9.17) is 32.7 Å². The van der Waals surface area contributed by atoms with Crippen molar-refractivity contribution in [2.24, 2.45) is 23.7 Å². The number of allylic oxidation sites excluding steroid dienone is 2. The van der Waals surface area contributed by atoms with Crippen LogP contribution in [0.4, 0.5) is 10.5 Å². The van der Waals surface area contributed by atoms with Crippen LogP contribution in [-0.4, -0.2) is 59.0 Å². The highest BCUT2D eigenvalue weighted by Gasteiger charge is 2.70. The van der Waals surface area contributed by atoms with Gasteiger partial charge >= 0.3 is 6.09 Å². The molecule has 0 aromatic heterocycles. The largest absolute Gasteiger partial charge is 0.507 e. The fraction of sp³-hybridized carbons (Fsp3) is 0.256. The lowest BCUT2D eigenvalue weighted by molar-refractivity contribution is -0.140. The minimum atomic E-state index is -1.60. The number of hydrogen-bond donors (Lipinski definition) is 2.